The molecule has 33 heavy (non-hydrogen) atoms. The number of halogens is 2. The summed E-state index contributed by atoms with van der Waals surface area (Å²) < 4.78 is 38.9. The molecule has 0 unspecified atom stereocenters. The van der Waals surface area contributed by atoms with Crippen molar-refractivity contribution in [2.45, 2.75) is 31.6 Å². The lowest BCUT2D eigenvalue weighted by molar-refractivity contribution is 0.602. The summed E-state index contributed by atoms with van der Waals surface area (Å²) in [6, 6.07) is 11.3. The van der Waals surface area contributed by atoms with Crippen molar-refractivity contribution in [1.29, 1.82) is 0 Å². The molecule has 0 aliphatic carbocycles. The first-order valence-corrected chi connectivity index (χ1v) is 12.6. The molecule has 5 nitrogen and oxygen atoms in total. The first-order chi connectivity index (χ1) is 15.6. The van der Waals surface area contributed by atoms with Gasteiger partial charge in [0.15, 0.2) is 15.5 Å². The van der Waals surface area contributed by atoms with Crippen molar-refractivity contribution >= 4 is 38.0 Å². The molecule has 1 heterocycles. The van der Waals surface area contributed by atoms with Gasteiger partial charge in [0, 0.05) is 22.8 Å². The standard InChI is InChI=1S/C25H21ClFN3O2S/c1-5-6-15-9-14(2)24(21(27)10-15)18-12-19-23(13-22(18)28-3)29-30-25(19)17-8-7-16(11-20(17)26)33(4,31)32/h7-13H,5-6H2,1-2,4H3,(H,29,30). The van der Waals surface area contributed by atoms with E-state index in [1.165, 1.54) is 18.2 Å². The van der Waals surface area contributed by atoms with Gasteiger partial charge in [-0.2, -0.15) is 5.10 Å². The van der Waals surface area contributed by atoms with Gasteiger partial charge in [0.2, 0.25) is 0 Å². The minimum atomic E-state index is -3.41. The van der Waals surface area contributed by atoms with Gasteiger partial charge in [-0.25, -0.2) is 17.7 Å². The molecule has 0 saturated heterocycles. The molecule has 0 aliphatic rings. The number of nitrogens with one attached hydrogen (secondary N) is 1. The van der Waals surface area contributed by atoms with Gasteiger partial charge in [0.25, 0.3) is 0 Å². The SMILES string of the molecule is [C-]#[N+]c1cc2[nH]nc(-c3ccc(S(C)(=O)=O)cc3Cl)c2cc1-c1c(C)cc(CCC)cc1F. The van der Waals surface area contributed by atoms with E-state index in [1.807, 2.05) is 19.9 Å². The third-order valence-electron chi connectivity index (χ3n) is 5.58. The summed E-state index contributed by atoms with van der Waals surface area (Å²) >= 11 is 6.41. The zero-order valence-corrected chi connectivity index (χ0v) is 19.9. The Bertz CT molecular complexity index is 1530. The van der Waals surface area contributed by atoms with E-state index < -0.39 is 9.84 Å². The van der Waals surface area contributed by atoms with Crippen molar-refractivity contribution in [3.8, 4) is 22.4 Å². The Kier molecular flexibility index (Phi) is 6.00. The summed E-state index contributed by atoms with van der Waals surface area (Å²) in [6.07, 6.45) is 2.80. The average Bonchev–Trinajstić information content (AvgIpc) is 3.14. The van der Waals surface area contributed by atoms with Crippen LogP contribution in [0.15, 0.2) is 47.4 Å². The van der Waals surface area contributed by atoms with Crippen LogP contribution in [0.4, 0.5) is 10.1 Å². The van der Waals surface area contributed by atoms with Crippen LogP contribution < -0.4 is 0 Å². The van der Waals surface area contributed by atoms with E-state index in [2.05, 4.69) is 15.0 Å². The first-order valence-electron chi connectivity index (χ1n) is 10.3. The molecule has 3 aromatic carbocycles. The zero-order valence-electron chi connectivity index (χ0n) is 18.3. The largest absolute Gasteiger partial charge is 0.278 e. The van der Waals surface area contributed by atoms with E-state index in [0.717, 1.165) is 30.2 Å². The summed E-state index contributed by atoms with van der Waals surface area (Å²) in [4.78, 5) is 3.73. The highest BCUT2D eigenvalue weighted by Crippen LogP contribution is 2.41. The number of rotatable bonds is 5. The molecule has 0 aliphatic heterocycles. The van der Waals surface area contributed by atoms with Gasteiger partial charge in [-0.15, -0.1) is 0 Å². The van der Waals surface area contributed by atoms with Gasteiger partial charge >= 0.3 is 0 Å². The lowest BCUT2D eigenvalue weighted by atomic mass is 9.93. The molecule has 4 rings (SSSR count). The minimum absolute atomic E-state index is 0.108. The fourth-order valence-corrected chi connectivity index (χ4v) is 5.04. The highest BCUT2D eigenvalue weighted by atomic mass is 35.5. The van der Waals surface area contributed by atoms with Crippen LogP contribution in [-0.4, -0.2) is 24.9 Å². The van der Waals surface area contributed by atoms with Crippen LogP contribution in [0.3, 0.4) is 0 Å². The number of benzene rings is 3. The molecule has 1 N–H and O–H groups in total. The number of sulfone groups is 1. The van der Waals surface area contributed by atoms with Crippen molar-refractivity contribution in [3.63, 3.8) is 0 Å². The van der Waals surface area contributed by atoms with Gasteiger partial charge in [-0.3, -0.25) is 5.10 Å². The van der Waals surface area contributed by atoms with Crippen molar-refractivity contribution in [2.24, 2.45) is 0 Å². The Morgan fingerprint density at radius 1 is 1.15 bits per heavy atom. The summed E-state index contributed by atoms with van der Waals surface area (Å²) in [5, 5.41) is 8.14. The average molecular weight is 482 g/mol. The molecule has 0 spiro atoms. The Hall–Kier alpha value is -3.21. The van der Waals surface area contributed by atoms with Gasteiger partial charge in [0.1, 0.15) is 11.5 Å². The summed E-state index contributed by atoms with van der Waals surface area (Å²) in [6.45, 7) is 11.5. The molecule has 0 fully saturated rings. The Labute approximate surface area is 197 Å². The van der Waals surface area contributed by atoms with Gasteiger partial charge < -0.3 is 0 Å². The monoisotopic (exact) mass is 481 g/mol. The Balaban J connectivity index is 1.94. The van der Waals surface area contributed by atoms with E-state index in [9.17, 15) is 8.42 Å². The van der Waals surface area contributed by atoms with E-state index in [4.69, 9.17) is 18.2 Å². The smallest absolute Gasteiger partial charge is 0.197 e. The number of aromatic amines is 1. The molecule has 0 atom stereocenters. The Morgan fingerprint density at radius 3 is 2.52 bits per heavy atom. The molecule has 1 aromatic heterocycles. The molecule has 8 heteroatoms. The molecule has 0 saturated carbocycles. The summed E-state index contributed by atoms with van der Waals surface area (Å²) in [5.41, 5.74) is 4.47. The predicted octanol–water partition coefficient (Wildman–Crippen LogP) is 6.90. The molecule has 0 amide bonds. The maximum Gasteiger partial charge on any atom is 0.197 e. The molecule has 4 aromatic rings. The van der Waals surface area contributed by atoms with E-state index in [-0.39, 0.29) is 15.7 Å². The maximum absolute atomic E-state index is 15.2. The number of aromatic nitrogens is 2. The predicted molar refractivity (Wildman–Crippen MR) is 130 cm³/mol. The second-order valence-electron chi connectivity index (χ2n) is 8.03. The molecule has 0 radical (unpaired) electrons. The molecular formula is C25H21ClFN3O2S. The number of fused-ring (bicyclic) bond motifs is 1. The highest BCUT2D eigenvalue weighted by Gasteiger charge is 2.20. The van der Waals surface area contributed by atoms with Crippen LogP contribution in [-0.2, 0) is 16.3 Å². The van der Waals surface area contributed by atoms with Crippen LogP contribution in [0.25, 0.3) is 38.1 Å². The Morgan fingerprint density at radius 2 is 1.91 bits per heavy atom. The minimum Gasteiger partial charge on any atom is -0.278 e. The zero-order chi connectivity index (χ0) is 23.9. The number of aryl methyl sites for hydroxylation is 2. The van der Waals surface area contributed by atoms with Crippen molar-refractivity contribution in [1.82, 2.24) is 10.2 Å². The van der Waals surface area contributed by atoms with Crippen LogP contribution in [0.5, 0.6) is 0 Å². The van der Waals surface area contributed by atoms with E-state index >= 15 is 4.39 Å². The van der Waals surface area contributed by atoms with Gasteiger partial charge in [0.05, 0.1) is 22.0 Å². The fourth-order valence-electron chi connectivity index (χ4n) is 4.06. The lowest BCUT2D eigenvalue weighted by Gasteiger charge is -2.13. The van der Waals surface area contributed by atoms with Gasteiger partial charge in [-0.1, -0.05) is 37.1 Å². The van der Waals surface area contributed by atoms with E-state index in [0.29, 0.717) is 39.0 Å². The summed E-state index contributed by atoms with van der Waals surface area (Å²) in [5.74, 6) is -0.372. The molecule has 168 valence electrons. The fraction of sp³-hybridized carbons (Fsp3) is 0.200. The third-order valence-corrected chi connectivity index (χ3v) is 7.00. The lowest BCUT2D eigenvalue weighted by Crippen LogP contribution is -1.97. The topological polar surface area (TPSA) is 67.2 Å². The number of hydrogen-bond donors (Lipinski definition) is 1. The molecule has 0 bridgehead atoms. The highest BCUT2D eigenvalue weighted by molar-refractivity contribution is 7.90. The van der Waals surface area contributed by atoms with Crippen molar-refractivity contribution in [2.75, 3.05) is 6.26 Å². The van der Waals surface area contributed by atoms with Crippen LogP contribution in [0.2, 0.25) is 5.02 Å². The molecular weight excluding hydrogens is 461 g/mol. The summed E-state index contributed by atoms with van der Waals surface area (Å²) in [7, 11) is -3.41. The third kappa shape index (κ3) is 4.24. The number of hydrogen-bond acceptors (Lipinski definition) is 3. The van der Waals surface area contributed by atoms with Crippen LogP contribution in [0.1, 0.15) is 24.5 Å². The van der Waals surface area contributed by atoms with E-state index in [1.54, 1.807) is 18.2 Å². The van der Waals surface area contributed by atoms with Crippen molar-refractivity contribution < 1.29 is 12.8 Å². The van der Waals surface area contributed by atoms with Crippen LogP contribution >= 0.6 is 11.6 Å². The quantitative estimate of drug-likeness (QED) is 0.315. The number of H-pyrrole nitrogens is 1. The number of nitrogens with zero attached hydrogens (tertiary/aromatic N) is 2. The maximum atomic E-state index is 15.2. The second-order valence-corrected chi connectivity index (χ2v) is 10.5. The first kappa shape index (κ1) is 23.0. The van der Waals surface area contributed by atoms with Crippen molar-refractivity contribution in [3.05, 3.63) is 75.8 Å². The van der Waals surface area contributed by atoms with Gasteiger partial charge in [-0.05, 0) is 60.4 Å². The van der Waals surface area contributed by atoms with Crippen LogP contribution in [0, 0.1) is 19.3 Å². The second kappa shape index (κ2) is 8.62. The normalized spacial score (nSPS) is 11.6.